The number of rotatable bonds is 17. The molecule has 0 radical (unpaired) electrons. The maximum atomic E-state index is 14.7. The van der Waals surface area contributed by atoms with Crippen molar-refractivity contribution in [3.63, 3.8) is 0 Å². The average Bonchev–Trinajstić information content (AvgIpc) is 3.99. The summed E-state index contributed by atoms with van der Waals surface area (Å²) in [5.74, 6) is -2.39. The van der Waals surface area contributed by atoms with Crippen molar-refractivity contribution in [1.82, 2.24) is 30.5 Å². The summed E-state index contributed by atoms with van der Waals surface area (Å²) in [5, 5.41) is 11.3. The summed E-state index contributed by atoms with van der Waals surface area (Å²) in [6, 6.07) is 4.20. The first kappa shape index (κ1) is 40.4. The zero-order valence-electron chi connectivity index (χ0n) is 31.8. The van der Waals surface area contributed by atoms with Crippen LogP contribution in [-0.2, 0) is 29.2 Å². The van der Waals surface area contributed by atoms with E-state index in [2.05, 4.69) is 41.7 Å². The lowest BCUT2D eigenvalue weighted by Gasteiger charge is -2.37. The molecule has 0 bridgehead atoms. The molecule has 4 fully saturated rings. The van der Waals surface area contributed by atoms with Crippen molar-refractivity contribution in [2.24, 2.45) is 35.0 Å². The van der Waals surface area contributed by atoms with E-state index in [-0.39, 0.29) is 58.9 Å². The van der Waals surface area contributed by atoms with Gasteiger partial charge in [-0.3, -0.25) is 19.2 Å². The number of amides is 5. The Kier molecular flexibility index (Phi) is 12.7. The minimum Gasteiger partial charge on any atom is -0.346 e. The lowest BCUT2D eigenvalue weighted by molar-refractivity contribution is -0.144. The quantitative estimate of drug-likeness (QED) is 0.140. The van der Waals surface area contributed by atoms with E-state index < -0.39 is 57.8 Å². The molecule has 1 aromatic rings. The molecule has 1 heterocycles. The summed E-state index contributed by atoms with van der Waals surface area (Å²) >= 11 is 0. The van der Waals surface area contributed by atoms with Gasteiger partial charge in [0.2, 0.25) is 27.6 Å². The van der Waals surface area contributed by atoms with E-state index in [1.54, 1.807) is 23.1 Å². The molecule has 292 valence electrons. The molecule has 5 rings (SSSR count). The molecule has 1 unspecified atom stereocenters. The highest BCUT2D eigenvalue weighted by Crippen LogP contribution is 2.65. The first-order valence-corrected chi connectivity index (χ1v) is 20.6. The van der Waals surface area contributed by atoms with Crippen molar-refractivity contribution in [3.05, 3.63) is 43.0 Å². The number of nitrogens with zero attached hydrogens (tertiary/aromatic N) is 2. The van der Waals surface area contributed by atoms with Gasteiger partial charge in [0, 0.05) is 32.7 Å². The number of fused-ring (bicyclic) bond motifs is 1. The van der Waals surface area contributed by atoms with Crippen LogP contribution in [0.2, 0.25) is 0 Å². The Labute approximate surface area is 314 Å². The van der Waals surface area contributed by atoms with Crippen LogP contribution in [0.1, 0.15) is 79.1 Å². The number of hydrogen-bond acceptors (Lipinski definition) is 7. The SMILES string of the molecule is C=CCNC(=O)C(=O)C(CC1CC1)NC(=O)[C@@H]1[C@@H]2[C@H](CN1C(=O)[C@@H](NC(=O)N[C@H](CN(C)S(=O)(=O)c1ccccc1)C(C)C)C1CCCCC1)C2(C)C. The largest absolute Gasteiger partial charge is 0.346 e. The number of piperidine rings is 1. The highest BCUT2D eigenvalue weighted by atomic mass is 32.2. The van der Waals surface area contributed by atoms with Crippen LogP contribution < -0.4 is 21.3 Å². The number of sulfonamides is 1. The van der Waals surface area contributed by atoms with E-state index in [9.17, 15) is 32.4 Å². The van der Waals surface area contributed by atoms with Gasteiger partial charge in [-0.1, -0.05) is 84.1 Å². The summed E-state index contributed by atoms with van der Waals surface area (Å²) in [7, 11) is -2.32. The molecule has 0 spiro atoms. The fourth-order valence-corrected chi connectivity index (χ4v) is 9.57. The molecule has 3 saturated carbocycles. The van der Waals surface area contributed by atoms with E-state index in [0.29, 0.717) is 13.0 Å². The van der Waals surface area contributed by atoms with Gasteiger partial charge in [0.1, 0.15) is 12.1 Å². The van der Waals surface area contributed by atoms with Gasteiger partial charge in [0.15, 0.2) is 0 Å². The minimum atomic E-state index is -3.80. The number of urea groups is 1. The van der Waals surface area contributed by atoms with Crippen molar-refractivity contribution >= 4 is 39.6 Å². The minimum absolute atomic E-state index is 0.0174. The Morgan fingerprint density at radius 1 is 0.981 bits per heavy atom. The molecule has 4 aliphatic rings. The second kappa shape index (κ2) is 16.7. The molecule has 1 saturated heterocycles. The lowest BCUT2D eigenvalue weighted by Crippen LogP contribution is -2.61. The number of likely N-dealkylation sites (tertiary alicyclic amines) is 1. The van der Waals surface area contributed by atoms with E-state index >= 15 is 0 Å². The standard InChI is InChI=1S/C39H58N6O7S/c1-7-20-40-36(48)34(46)29(21-25-18-19-25)41-35(47)33-31-28(39(31,4)5)22-45(33)37(49)32(26-14-10-8-11-15-26)43-38(50)42-30(24(2)3)23-44(6)53(51,52)27-16-12-9-13-17-27/h7,9,12-13,16-17,24-26,28-33H,1,8,10-11,14-15,18-23H2,2-6H3,(H,40,48)(H,41,47)(H2,42,43,50)/t28-,29?,30+,31-,32-,33-/m0/s1. The van der Waals surface area contributed by atoms with Gasteiger partial charge >= 0.3 is 6.03 Å². The maximum Gasteiger partial charge on any atom is 0.315 e. The van der Waals surface area contributed by atoms with Crippen molar-refractivity contribution in [1.29, 1.82) is 0 Å². The van der Waals surface area contributed by atoms with E-state index in [4.69, 9.17) is 0 Å². The van der Waals surface area contributed by atoms with Crippen molar-refractivity contribution in [3.8, 4) is 0 Å². The number of hydrogen-bond donors (Lipinski definition) is 4. The first-order chi connectivity index (χ1) is 25.1. The van der Waals surface area contributed by atoms with Crippen LogP contribution in [0.25, 0.3) is 0 Å². The second-order valence-corrected chi connectivity index (χ2v) is 18.5. The van der Waals surface area contributed by atoms with Crippen LogP contribution in [0.5, 0.6) is 0 Å². The summed E-state index contributed by atoms with van der Waals surface area (Å²) in [5.41, 5.74) is -0.197. The van der Waals surface area contributed by atoms with Crippen molar-refractivity contribution in [2.75, 3.05) is 26.7 Å². The molecule has 13 nitrogen and oxygen atoms in total. The molecular weight excluding hydrogens is 697 g/mol. The maximum absolute atomic E-state index is 14.7. The van der Waals surface area contributed by atoms with Crippen LogP contribution in [0.3, 0.4) is 0 Å². The number of Topliss-reactive ketones (excluding diaryl/α,β-unsaturated/α-hetero) is 1. The number of nitrogens with one attached hydrogen (secondary N) is 4. The molecule has 5 amide bonds. The highest BCUT2D eigenvalue weighted by Gasteiger charge is 2.69. The molecular formula is C39H58N6O7S. The molecule has 14 heteroatoms. The summed E-state index contributed by atoms with van der Waals surface area (Å²) in [4.78, 5) is 70.3. The topological polar surface area (TPSA) is 174 Å². The first-order valence-electron chi connectivity index (χ1n) is 19.2. The number of carbonyl (C=O) groups is 5. The van der Waals surface area contributed by atoms with E-state index in [1.807, 2.05) is 13.8 Å². The number of likely N-dealkylation sites (N-methyl/N-ethyl adjacent to an activating group) is 1. The van der Waals surface area contributed by atoms with E-state index in [0.717, 1.165) is 44.9 Å². The molecule has 1 aliphatic heterocycles. The van der Waals surface area contributed by atoms with Crippen molar-refractivity contribution in [2.45, 2.75) is 108 Å². The van der Waals surface area contributed by atoms with Crippen LogP contribution in [0.4, 0.5) is 4.79 Å². The predicted molar refractivity (Wildman–Crippen MR) is 201 cm³/mol. The average molecular weight is 755 g/mol. The van der Waals surface area contributed by atoms with Crippen LogP contribution in [0, 0.1) is 35.0 Å². The van der Waals surface area contributed by atoms with Crippen LogP contribution in [-0.4, -0.2) is 98.0 Å². The molecule has 53 heavy (non-hydrogen) atoms. The Bertz CT molecular complexity index is 1640. The van der Waals surface area contributed by atoms with Gasteiger partial charge in [-0.25, -0.2) is 13.2 Å². The number of carbonyl (C=O) groups excluding carboxylic acids is 5. The molecule has 3 aliphatic carbocycles. The van der Waals surface area contributed by atoms with Gasteiger partial charge in [-0.15, -0.1) is 6.58 Å². The normalized spacial score (nSPS) is 24.1. The predicted octanol–water partition coefficient (Wildman–Crippen LogP) is 3.22. The fraction of sp³-hybridized carbons (Fsp3) is 0.667. The van der Waals surface area contributed by atoms with Gasteiger partial charge in [0.25, 0.3) is 5.91 Å². The molecule has 4 N–H and O–H groups in total. The third-order valence-corrected chi connectivity index (χ3v) is 13.8. The Balaban J connectivity index is 1.33. The number of benzene rings is 1. The smallest absolute Gasteiger partial charge is 0.315 e. The summed E-state index contributed by atoms with van der Waals surface area (Å²) in [6.45, 7) is 12.0. The van der Waals surface area contributed by atoms with Crippen LogP contribution in [0.15, 0.2) is 47.9 Å². The lowest BCUT2D eigenvalue weighted by atomic mass is 9.83. The molecule has 0 aromatic heterocycles. The highest BCUT2D eigenvalue weighted by molar-refractivity contribution is 7.89. The monoisotopic (exact) mass is 754 g/mol. The summed E-state index contributed by atoms with van der Waals surface area (Å²) < 4.78 is 27.8. The van der Waals surface area contributed by atoms with Crippen LogP contribution >= 0.6 is 0 Å². The van der Waals surface area contributed by atoms with Gasteiger partial charge in [-0.2, -0.15) is 4.31 Å². The van der Waals surface area contributed by atoms with Gasteiger partial charge < -0.3 is 26.2 Å². The third kappa shape index (κ3) is 9.30. The zero-order chi connectivity index (χ0) is 38.7. The number of ketones is 1. The molecule has 6 atom stereocenters. The third-order valence-electron chi connectivity index (χ3n) is 12.0. The van der Waals surface area contributed by atoms with E-state index in [1.165, 1.54) is 29.6 Å². The second-order valence-electron chi connectivity index (χ2n) is 16.4. The van der Waals surface area contributed by atoms with Crippen molar-refractivity contribution < 1.29 is 32.4 Å². The Morgan fingerprint density at radius 2 is 1.64 bits per heavy atom. The Hall–Kier alpha value is -3.78. The summed E-state index contributed by atoms with van der Waals surface area (Å²) in [6.07, 6.45) is 8.02. The molecule has 1 aromatic carbocycles. The Morgan fingerprint density at radius 3 is 2.25 bits per heavy atom. The fourth-order valence-electron chi connectivity index (χ4n) is 8.35. The van der Waals surface area contributed by atoms with Gasteiger partial charge in [-0.05, 0) is 66.4 Å². The van der Waals surface area contributed by atoms with Gasteiger partial charge in [0.05, 0.1) is 10.9 Å². The zero-order valence-corrected chi connectivity index (χ0v) is 32.6.